The summed E-state index contributed by atoms with van der Waals surface area (Å²) in [6.45, 7) is 7.79. The molecule has 0 aromatic heterocycles. The molecule has 1 aliphatic rings. The molecule has 1 aliphatic carbocycles. The van der Waals surface area contributed by atoms with Crippen molar-refractivity contribution in [1.29, 1.82) is 0 Å². The van der Waals surface area contributed by atoms with E-state index in [2.05, 4.69) is 26.1 Å². The van der Waals surface area contributed by atoms with Crippen molar-refractivity contribution in [3.05, 3.63) is 0 Å². The maximum absolute atomic E-state index is 12.2. The molecule has 0 saturated heterocycles. The van der Waals surface area contributed by atoms with Gasteiger partial charge in [-0.05, 0) is 37.0 Å². The molecule has 0 spiro atoms. The third-order valence-corrected chi connectivity index (χ3v) is 4.32. The molecule has 1 amide bonds. The summed E-state index contributed by atoms with van der Waals surface area (Å²) >= 11 is 0. The van der Waals surface area contributed by atoms with Gasteiger partial charge in [-0.3, -0.25) is 4.79 Å². The molecule has 1 fully saturated rings. The monoisotopic (exact) mass is 270 g/mol. The first kappa shape index (κ1) is 16.4. The van der Waals surface area contributed by atoms with E-state index < -0.39 is 0 Å². The van der Waals surface area contributed by atoms with E-state index in [-0.39, 0.29) is 17.9 Å². The van der Waals surface area contributed by atoms with Gasteiger partial charge >= 0.3 is 0 Å². The Balaban J connectivity index is 2.40. The van der Waals surface area contributed by atoms with Gasteiger partial charge in [0.1, 0.15) is 0 Å². The van der Waals surface area contributed by atoms with Gasteiger partial charge in [0.2, 0.25) is 5.91 Å². The first-order valence-electron chi connectivity index (χ1n) is 7.37. The average molecular weight is 270 g/mol. The Morgan fingerprint density at radius 1 is 1.32 bits per heavy atom. The van der Waals surface area contributed by atoms with E-state index in [1.165, 1.54) is 0 Å². The highest BCUT2D eigenvalue weighted by Crippen LogP contribution is 2.39. The molecule has 1 rings (SSSR count). The van der Waals surface area contributed by atoms with Crippen LogP contribution in [0.15, 0.2) is 0 Å². The molecular weight excluding hydrogens is 240 g/mol. The lowest BCUT2D eigenvalue weighted by Gasteiger charge is -2.36. The zero-order chi connectivity index (χ0) is 14.5. The molecule has 0 radical (unpaired) electrons. The summed E-state index contributed by atoms with van der Waals surface area (Å²) in [5, 5.41) is 3.00. The van der Waals surface area contributed by atoms with Crippen molar-refractivity contribution in [3.8, 4) is 0 Å². The van der Waals surface area contributed by atoms with Gasteiger partial charge in [0.25, 0.3) is 0 Å². The molecular formula is C15H30N2O2. The van der Waals surface area contributed by atoms with Crippen LogP contribution in [0.1, 0.15) is 46.5 Å². The summed E-state index contributed by atoms with van der Waals surface area (Å²) in [4.78, 5) is 12.2. The number of hydrogen-bond acceptors (Lipinski definition) is 3. The number of rotatable bonds is 5. The Kier molecular flexibility index (Phi) is 6.27. The van der Waals surface area contributed by atoms with Crippen molar-refractivity contribution in [2.75, 3.05) is 20.3 Å². The van der Waals surface area contributed by atoms with E-state index in [0.29, 0.717) is 18.6 Å². The predicted octanol–water partition coefficient (Wildman–Crippen LogP) is 1.93. The normalized spacial score (nSPS) is 25.9. The summed E-state index contributed by atoms with van der Waals surface area (Å²) in [5.74, 6) is 1.05. The zero-order valence-corrected chi connectivity index (χ0v) is 12.9. The number of amides is 1. The van der Waals surface area contributed by atoms with Gasteiger partial charge in [-0.25, -0.2) is 0 Å². The Morgan fingerprint density at radius 3 is 2.32 bits per heavy atom. The van der Waals surface area contributed by atoms with Crippen LogP contribution < -0.4 is 11.1 Å². The van der Waals surface area contributed by atoms with Crippen LogP contribution >= 0.6 is 0 Å². The fourth-order valence-electron chi connectivity index (χ4n) is 2.91. The number of methoxy groups -OCH3 is 1. The lowest BCUT2D eigenvalue weighted by molar-refractivity contribution is -0.127. The summed E-state index contributed by atoms with van der Waals surface area (Å²) in [6, 6.07) is -0.0576. The summed E-state index contributed by atoms with van der Waals surface area (Å²) in [5.41, 5.74) is 5.98. The number of hydrogen-bond donors (Lipinski definition) is 2. The van der Waals surface area contributed by atoms with Crippen LogP contribution in [0.5, 0.6) is 0 Å². The van der Waals surface area contributed by atoms with Crippen LogP contribution in [-0.4, -0.2) is 32.2 Å². The van der Waals surface area contributed by atoms with Gasteiger partial charge in [0, 0.05) is 19.6 Å². The quantitative estimate of drug-likeness (QED) is 0.802. The van der Waals surface area contributed by atoms with E-state index in [1.807, 2.05) is 0 Å². The number of carbonyl (C=O) groups is 1. The van der Waals surface area contributed by atoms with Crippen molar-refractivity contribution in [2.45, 2.75) is 52.5 Å². The fraction of sp³-hybridized carbons (Fsp3) is 0.933. The highest BCUT2D eigenvalue weighted by atomic mass is 16.5. The van der Waals surface area contributed by atoms with E-state index >= 15 is 0 Å². The fourth-order valence-corrected chi connectivity index (χ4v) is 2.91. The van der Waals surface area contributed by atoms with Crippen LogP contribution in [0.25, 0.3) is 0 Å². The molecule has 4 nitrogen and oxygen atoms in total. The van der Waals surface area contributed by atoms with Gasteiger partial charge < -0.3 is 15.8 Å². The van der Waals surface area contributed by atoms with E-state index in [4.69, 9.17) is 10.5 Å². The average Bonchev–Trinajstić information content (AvgIpc) is 2.37. The van der Waals surface area contributed by atoms with Gasteiger partial charge in [-0.2, -0.15) is 0 Å². The lowest BCUT2D eigenvalue weighted by Crippen LogP contribution is -2.46. The third kappa shape index (κ3) is 5.11. The number of nitrogens with one attached hydrogen (secondary N) is 1. The zero-order valence-electron chi connectivity index (χ0n) is 12.9. The summed E-state index contributed by atoms with van der Waals surface area (Å²) < 4.78 is 5.05. The minimum absolute atomic E-state index is 0.0576. The second-order valence-corrected chi connectivity index (χ2v) is 6.81. The highest BCUT2D eigenvalue weighted by Gasteiger charge is 2.32. The van der Waals surface area contributed by atoms with E-state index in [0.717, 1.165) is 31.6 Å². The Morgan fingerprint density at radius 2 is 1.89 bits per heavy atom. The van der Waals surface area contributed by atoms with Crippen LogP contribution in [0.2, 0.25) is 0 Å². The summed E-state index contributed by atoms with van der Waals surface area (Å²) in [6.07, 6.45) is 4.30. The second-order valence-electron chi connectivity index (χ2n) is 6.81. The number of carbonyl (C=O) groups excluding carboxylic acids is 1. The molecule has 0 bridgehead atoms. The molecule has 0 heterocycles. The standard InChI is InChI=1S/C15H30N2O2/c1-15(2,3)12-7-5-11(6-8-12)14(18)17-13(9-16)10-19-4/h11-13H,5-10,16H2,1-4H3,(H,17,18). The molecule has 19 heavy (non-hydrogen) atoms. The third-order valence-electron chi connectivity index (χ3n) is 4.32. The van der Waals surface area contributed by atoms with Gasteiger partial charge in [-0.15, -0.1) is 0 Å². The van der Waals surface area contributed by atoms with E-state index in [9.17, 15) is 4.79 Å². The number of ether oxygens (including phenoxy) is 1. The molecule has 0 aromatic rings. The molecule has 0 aliphatic heterocycles. The van der Waals surface area contributed by atoms with Crippen molar-refractivity contribution < 1.29 is 9.53 Å². The van der Waals surface area contributed by atoms with Crippen LogP contribution in [-0.2, 0) is 9.53 Å². The maximum Gasteiger partial charge on any atom is 0.223 e. The van der Waals surface area contributed by atoms with Gasteiger partial charge in [0.05, 0.1) is 12.6 Å². The minimum Gasteiger partial charge on any atom is -0.383 e. The molecule has 1 saturated carbocycles. The SMILES string of the molecule is COCC(CN)NC(=O)C1CCC(C(C)(C)C)CC1. The Labute approximate surface area is 117 Å². The predicted molar refractivity (Wildman–Crippen MR) is 77.8 cm³/mol. The molecule has 112 valence electrons. The second kappa shape index (κ2) is 7.25. The topological polar surface area (TPSA) is 64.3 Å². The summed E-state index contributed by atoms with van der Waals surface area (Å²) in [7, 11) is 1.63. The highest BCUT2D eigenvalue weighted by molar-refractivity contribution is 5.79. The molecule has 1 atom stereocenters. The first-order chi connectivity index (χ1) is 8.88. The van der Waals surface area contributed by atoms with Crippen LogP contribution in [0, 0.1) is 17.3 Å². The van der Waals surface area contributed by atoms with Crippen molar-refractivity contribution in [2.24, 2.45) is 23.0 Å². The maximum atomic E-state index is 12.2. The largest absolute Gasteiger partial charge is 0.383 e. The van der Waals surface area contributed by atoms with Gasteiger partial charge in [0.15, 0.2) is 0 Å². The number of nitrogens with two attached hydrogens (primary N) is 1. The van der Waals surface area contributed by atoms with Crippen molar-refractivity contribution >= 4 is 5.91 Å². The van der Waals surface area contributed by atoms with E-state index in [1.54, 1.807) is 7.11 Å². The smallest absolute Gasteiger partial charge is 0.223 e. The molecule has 0 aromatic carbocycles. The minimum atomic E-state index is -0.0576. The van der Waals surface area contributed by atoms with Crippen LogP contribution in [0.4, 0.5) is 0 Å². The first-order valence-corrected chi connectivity index (χ1v) is 7.37. The van der Waals surface area contributed by atoms with Crippen molar-refractivity contribution in [3.63, 3.8) is 0 Å². The Hall–Kier alpha value is -0.610. The Bertz CT molecular complexity index is 278. The van der Waals surface area contributed by atoms with Crippen molar-refractivity contribution in [1.82, 2.24) is 5.32 Å². The molecule has 1 unspecified atom stereocenters. The molecule has 4 heteroatoms. The lowest BCUT2D eigenvalue weighted by atomic mass is 9.69. The van der Waals surface area contributed by atoms with Crippen LogP contribution in [0.3, 0.4) is 0 Å². The molecule has 3 N–H and O–H groups in total. The van der Waals surface area contributed by atoms with Gasteiger partial charge in [-0.1, -0.05) is 20.8 Å².